The summed E-state index contributed by atoms with van der Waals surface area (Å²) in [6.45, 7) is 5.17. The van der Waals surface area contributed by atoms with Crippen molar-refractivity contribution in [3.05, 3.63) is 40.9 Å². The van der Waals surface area contributed by atoms with Crippen LogP contribution in [-0.2, 0) is 6.54 Å². The summed E-state index contributed by atoms with van der Waals surface area (Å²) in [4.78, 5) is 16.7. The Balaban J connectivity index is 2.18. The topological polar surface area (TPSA) is 95.1 Å². The number of nitrogens with two attached hydrogens (primary N) is 1. The van der Waals surface area contributed by atoms with Crippen LogP contribution in [0.4, 0.5) is 0 Å². The Morgan fingerprint density at radius 3 is 3.00 bits per heavy atom. The zero-order chi connectivity index (χ0) is 16.8. The van der Waals surface area contributed by atoms with Gasteiger partial charge >= 0.3 is 0 Å². The zero-order valence-electron chi connectivity index (χ0n) is 13.1. The van der Waals surface area contributed by atoms with Crippen LogP contribution < -0.4 is 15.8 Å². The molecule has 23 heavy (non-hydrogen) atoms. The summed E-state index contributed by atoms with van der Waals surface area (Å²) in [6, 6.07) is 4.60. The summed E-state index contributed by atoms with van der Waals surface area (Å²) < 4.78 is 7.23. The van der Waals surface area contributed by atoms with Crippen molar-refractivity contribution in [2.75, 3.05) is 13.2 Å². The van der Waals surface area contributed by atoms with Gasteiger partial charge < -0.3 is 15.8 Å². The number of benzene rings is 1. The third-order valence-electron chi connectivity index (χ3n) is 3.24. The van der Waals surface area contributed by atoms with E-state index in [-0.39, 0.29) is 11.9 Å². The first-order valence-electron chi connectivity index (χ1n) is 7.37. The fourth-order valence-corrected chi connectivity index (χ4v) is 2.34. The van der Waals surface area contributed by atoms with Crippen molar-refractivity contribution in [3.8, 4) is 5.75 Å². The molecule has 1 aromatic heterocycles. The number of halogens is 1. The van der Waals surface area contributed by atoms with Crippen LogP contribution in [0.25, 0.3) is 0 Å². The molecule has 1 heterocycles. The molecule has 0 saturated heterocycles. The van der Waals surface area contributed by atoms with E-state index in [0.29, 0.717) is 41.9 Å². The van der Waals surface area contributed by atoms with Gasteiger partial charge in [0, 0.05) is 18.1 Å². The van der Waals surface area contributed by atoms with Crippen molar-refractivity contribution < 1.29 is 9.53 Å². The number of amides is 1. The van der Waals surface area contributed by atoms with Gasteiger partial charge in [0.25, 0.3) is 5.91 Å². The molecule has 7 nitrogen and oxygen atoms in total. The maximum absolute atomic E-state index is 12.5. The minimum Gasteiger partial charge on any atom is -0.491 e. The molecule has 0 aliphatic heterocycles. The Hall–Kier alpha value is -2.12. The number of ether oxygens (including phenoxy) is 1. The first kappa shape index (κ1) is 17.2. The molecular formula is C15H20ClN5O2. The van der Waals surface area contributed by atoms with E-state index < -0.39 is 0 Å². The summed E-state index contributed by atoms with van der Waals surface area (Å²) in [6.07, 6.45) is 1.47. The number of aromatic nitrogens is 3. The number of hydrogen-bond donors (Lipinski definition) is 2. The van der Waals surface area contributed by atoms with Crippen LogP contribution in [0.15, 0.2) is 24.5 Å². The number of carbonyl (C=O) groups excluding carboxylic acids is 1. The lowest BCUT2D eigenvalue weighted by Gasteiger charge is -2.16. The normalized spacial score (nSPS) is 12.0. The summed E-state index contributed by atoms with van der Waals surface area (Å²) in [7, 11) is 0. The first-order chi connectivity index (χ1) is 11.1. The van der Waals surface area contributed by atoms with Crippen LogP contribution in [0.2, 0.25) is 5.02 Å². The van der Waals surface area contributed by atoms with Gasteiger partial charge in [0.1, 0.15) is 24.5 Å². The second kappa shape index (κ2) is 7.94. The predicted molar refractivity (Wildman–Crippen MR) is 87.6 cm³/mol. The quantitative estimate of drug-likeness (QED) is 0.803. The molecule has 3 N–H and O–H groups in total. The average molecular weight is 338 g/mol. The maximum atomic E-state index is 12.5. The summed E-state index contributed by atoms with van der Waals surface area (Å²) >= 11 is 5.99. The summed E-state index contributed by atoms with van der Waals surface area (Å²) in [5, 5.41) is 7.45. The number of carbonyl (C=O) groups is 1. The molecule has 0 unspecified atom stereocenters. The Bertz CT molecular complexity index is 674. The smallest absolute Gasteiger partial charge is 0.255 e. The lowest BCUT2D eigenvalue weighted by Crippen LogP contribution is -2.29. The summed E-state index contributed by atoms with van der Waals surface area (Å²) in [5.41, 5.74) is 5.80. The number of hydrogen-bond acceptors (Lipinski definition) is 5. The van der Waals surface area contributed by atoms with Gasteiger partial charge in [-0.15, -0.1) is 0 Å². The van der Waals surface area contributed by atoms with Gasteiger partial charge in [0.2, 0.25) is 0 Å². The Kier molecular flexibility index (Phi) is 5.95. The Morgan fingerprint density at radius 1 is 1.52 bits per heavy atom. The standard InChI is InChI=1S/C15H20ClN5O2/c1-3-21-14(18-9-19-21)10(2)20-15(22)12-8-11(16)4-5-13(12)23-7-6-17/h4-5,8-10H,3,6-7,17H2,1-2H3,(H,20,22)/t10-/m1/s1. The van der Waals surface area contributed by atoms with Crippen molar-refractivity contribution >= 4 is 17.5 Å². The molecule has 1 amide bonds. The van der Waals surface area contributed by atoms with Crippen LogP contribution >= 0.6 is 11.6 Å². The van der Waals surface area contributed by atoms with Gasteiger partial charge in [-0.05, 0) is 32.0 Å². The molecule has 0 fully saturated rings. The largest absolute Gasteiger partial charge is 0.491 e. The van der Waals surface area contributed by atoms with E-state index in [1.165, 1.54) is 6.33 Å². The molecular weight excluding hydrogens is 318 g/mol. The molecule has 8 heteroatoms. The molecule has 1 aromatic carbocycles. The highest BCUT2D eigenvalue weighted by Crippen LogP contribution is 2.23. The van der Waals surface area contributed by atoms with Crippen molar-refractivity contribution in [1.29, 1.82) is 0 Å². The van der Waals surface area contributed by atoms with E-state index >= 15 is 0 Å². The third-order valence-corrected chi connectivity index (χ3v) is 3.48. The first-order valence-corrected chi connectivity index (χ1v) is 7.75. The molecule has 0 saturated carbocycles. The predicted octanol–water partition coefficient (Wildman–Crippen LogP) is 1.78. The van der Waals surface area contributed by atoms with Crippen LogP contribution in [0.3, 0.4) is 0 Å². The average Bonchev–Trinajstić information content (AvgIpc) is 3.02. The van der Waals surface area contributed by atoms with E-state index in [0.717, 1.165) is 0 Å². The van der Waals surface area contributed by atoms with E-state index in [2.05, 4.69) is 15.4 Å². The highest BCUT2D eigenvalue weighted by molar-refractivity contribution is 6.31. The van der Waals surface area contributed by atoms with E-state index in [9.17, 15) is 4.79 Å². The van der Waals surface area contributed by atoms with Crippen molar-refractivity contribution in [2.24, 2.45) is 5.73 Å². The molecule has 0 aliphatic carbocycles. The molecule has 0 aliphatic rings. The Labute approximate surface area is 139 Å². The maximum Gasteiger partial charge on any atom is 0.255 e. The fourth-order valence-electron chi connectivity index (χ4n) is 2.17. The SMILES string of the molecule is CCn1ncnc1[C@@H](C)NC(=O)c1cc(Cl)ccc1OCCN. The monoisotopic (exact) mass is 337 g/mol. The van der Waals surface area contributed by atoms with Crippen LogP contribution in [0.1, 0.15) is 36.1 Å². The van der Waals surface area contributed by atoms with Gasteiger partial charge in [-0.3, -0.25) is 4.79 Å². The van der Waals surface area contributed by atoms with E-state index in [4.69, 9.17) is 22.1 Å². The number of nitrogens with one attached hydrogen (secondary N) is 1. The molecule has 1 atom stereocenters. The molecule has 2 aromatic rings. The molecule has 0 radical (unpaired) electrons. The van der Waals surface area contributed by atoms with Crippen LogP contribution in [0.5, 0.6) is 5.75 Å². The number of nitrogens with zero attached hydrogens (tertiary/aromatic N) is 3. The van der Waals surface area contributed by atoms with Crippen LogP contribution in [0, 0.1) is 0 Å². The summed E-state index contributed by atoms with van der Waals surface area (Å²) in [5.74, 6) is 0.839. The minimum atomic E-state index is -0.300. The molecule has 0 bridgehead atoms. The Morgan fingerprint density at radius 2 is 2.30 bits per heavy atom. The van der Waals surface area contributed by atoms with E-state index in [1.807, 2.05) is 13.8 Å². The van der Waals surface area contributed by atoms with Gasteiger partial charge in [0.15, 0.2) is 0 Å². The van der Waals surface area contributed by atoms with Crippen LogP contribution in [-0.4, -0.2) is 33.8 Å². The van der Waals surface area contributed by atoms with Gasteiger partial charge in [0.05, 0.1) is 11.6 Å². The van der Waals surface area contributed by atoms with Crippen molar-refractivity contribution in [2.45, 2.75) is 26.4 Å². The second-order valence-electron chi connectivity index (χ2n) is 4.91. The van der Waals surface area contributed by atoms with Gasteiger partial charge in [-0.1, -0.05) is 11.6 Å². The van der Waals surface area contributed by atoms with Gasteiger partial charge in [-0.25, -0.2) is 9.67 Å². The highest BCUT2D eigenvalue weighted by atomic mass is 35.5. The number of rotatable bonds is 7. The lowest BCUT2D eigenvalue weighted by molar-refractivity contribution is 0.0933. The zero-order valence-corrected chi connectivity index (χ0v) is 13.9. The fraction of sp³-hybridized carbons (Fsp3) is 0.400. The molecule has 0 spiro atoms. The lowest BCUT2D eigenvalue weighted by atomic mass is 10.1. The minimum absolute atomic E-state index is 0.294. The van der Waals surface area contributed by atoms with Crippen molar-refractivity contribution in [3.63, 3.8) is 0 Å². The number of aryl methyl sites for hydroxylation is 1. The molecule has 2 rings (SSSR count). The third kappa shape index (κ3) is 4.20. The second-order valence-corrected chi connectivity index (χ2v) is 5.34. The highest BCUT2D eigenvalue weighted by Gasteiger charge is 2.19. The molecule has 124 valence electrons. The van der Waals surface area contributed by atoms with Gasteiger partial charge in [-0.2, -0.15) is 5.10 Å². The van der Waals surface area contributed by atoms with E-state index in [1.54, 1.807) is 22.9 Å². The van der Waals surface area contributed by atoms with Crippen molar-refractivity contribution in [1.82, 2.24) is 20.1 Å².